The third kappa shape index (κ3) is 4.41. The summed E-state index contributed by atoms with van der Waals surface area (Å²) in [6, 6.07) is 11.3. The van der Waals surface area contributed by atoms with Crippen LogP contribution in [-0.4, -0.2) is 37.6 Å². The van der Waals surface area contributed by atoms with Gasteiger partial charge in [0.15, 0.2) is 5.88 Å². The monoisotopic (exact) mass is 431 g/mol. The fraction of sp³-hybridized carbons (Fsp3) is 0.333. The highest BCUT2D eigenvalue weighted by molar-refractivity contribution is 7.17. The average molecular weight is 432 g/mol. The molecule has 2 amide bonds. The van der Waals surface area contributed by atoms with Crippen LogP contribution in [0.1, 0.15) is 28.9 Å². The van der Waals surface area contributed by atoms with Gasteiger partial charge in [-0.25, -0.2) is 0 Å². The molecule has 0 spiro atoms. The minimum Gasteiger partial charge on any atom is -0.472 e. The average Bonchev–Trinajstić information content (AvgIpc) is 3.32. The number of nitrogens with zero attached hydrogens (tertiary/aromatic N) is 2. The fourth-order valence-electron chi connectivity index (χ4n) is 3.58. The van der Waals surface area contributed by atoms with Crippen LogP contribution in [0.2, 0.25) is 4.34 Å². The molecule has 8 heteroatoms. The summed E-state index contributed by atoms with van der Waals surface area (Å²) in [7, 11) is 0. The Kier molecular flexibility index (Phi) is 5.78. The third-order valence-corrected chi connectivity index (χ3v) is 6.30. The first-order valence-corrected chi connectivity index (χ1v) is 10.8. The van der Waals surface area contributed by atoms with E-state index in [2.05, 4.69) is 11.9 Å². The molecule has 3 heterocycles. The molecule has 6 nitrogen and oxygen atoms in total. The summed E-state index contributed by atoms with van der Waals surface area (Å²) in [4.78, 5) is 28.7. The SMILES string of the molecule is C=C1O[C@@H](CNC(=O)c2ccc(Cl)s2)CN1c1ccc(N2CCCCC2=O)cc1. The van der Waals surface area contributed by atoms with Gasteiger partial charge in [-0.05, 0) is 55.8 Å². The Bertz CT molecular complexity index is 928. The number of nitrogens with one attached hydrogen (secondary N) is 1. The molecule has 0 aliphatic carbocycles. The van der Waals surface area contributed by atoms with Gasteiger partial charge in [0.1, 0.15) is 6.10 Å². The smallest absolute Gasteiger partial charge is 0.261 e. The van der Waals surface area contributed by atoms with E-state index in [-0.39, 0.29) is 17.9 Å². The number of piperidine rings is 1. The molecule has 1 N–H and O–H groups in total. The van der Waals surface area contributed by atoms with Gasteiger partial charge < -0.3 is 19.9 Å². The molecule has 2 saturated heterocycles. The molecule has 0 unspecified atom stereocenters. The van der Waals surface area contributed by atoms with Crippen molar-refractivity contribution in [3.63, 3.8) is 0 Å². The lowest BCUT2D eigenvalue weighted by molar-refractivity contribution is -0.119. The number of hydrogen-bond donors (Lipinski definition) is 1. The lowest BCUT2D eigenvalue weighted by atomic mass is 10.1. The Morgan fingerprint density at radius 2 is 1.90 bits per heavy atom. The van der Waals surface area contributed by atoms with Crippen molar-refractivity contribution in [1.82, 2.24) is 5.32 Å². The number of hydrogen-bond acceptors (Lipinski definition) is 5. The van der Waals surface area contributed by atoms with Crippen molar-refractivity contribution in [2.45, 2.75) is 25.4 Å². The van der Waals surface area contributed by atoms with Crippen LogP contribution in [0.25, 0.3) is 0 Å². The molecule has 1 aromatic heterocycles. The van der Waals surface area contributed by atoms with Crippen LogP contribution >= 0.6 is 22.9 Å². The van der Waals surface area contributed by atoms with E-state index in [0.717, 1.165) is 30.8 Å². The van der Waals surface area contributed by atoms with Crippen LogP contribution in [0, 0.1) is 0 Å². The molecule has 4 rings (SSSR count). The first-order valence-electron chi connectivity index (χ1n) is 9.58. The van der Waals surface area contributed by atoms with Gasteiger partial charge >= 0.3 is 0 Å². The van der Waals surface area contributed by atoms with Crippen molar-refractivity contribution in [2.75, 3.05) is 29.4 Å². The van der Waals surface area contributed by atoms with E-state index >= 15 is 0 Å². The van der Waals surface area contributed by atoms with Gasteiger partial charge in [0.25, 0.3) is 5.91 Å². The number of anilines is 2. The Balaban J connectivity index is 1.35. The van der Waals surface area contributed by atoms with E-state index in [0.29, 0.717) is 34.6 Å². The molecule has 152 valence electrons. The van der Waals surface area contributed by atoms with Crippen LogP contribution in [0.15, 0.2) is 48.9 Å². The maximum atomic E-state index is 12.2. The zero-order chi connectivity index (χ0) is 20.4. The van der Waals surface area contributed by atoms with E-state index in [1.807, 2.05) is 34.1 Å². The second kappa shape index (κ2) is 8.47. The minimum absolute atomic E-state index is 0.162. The minimum atomic E-state index is -0.190. The summed E-state index contributed by atoms with van der Waals surface area (Å²) in [5.41, 5.74) is 1.87. The Morgan fingerprint density at radius 3 is 2.55 bits per heavy atom. The summed E-state index contributed by atoms with van der Waals surface area (Å²) in [5, 5.41) is 2.88. The Hall–Kier alpha value is -2.51. The number of benzene rings is 1. The van der Waals surface area contributed by atoms with Crippen molar-refractivity contribution in [1.29, 1.82) is 0 Å². The van der Waals surface area contributed by atoms with E-state index in [9.17, 15) is 9.59 Å². The normalized spacial score (nSPS) is 19.4. The molecule has 1 atom stereocenters. The Morgan fingerprint density at radius 1 is 1.17 bits per heavy atom. The molecule has 2 aliphatic rings. The standard InChI is InChI=1S/C21H22ClN3O3S/c1-14-25(13-17(28-14)12-23-21(27)18-9-10-19(22)29-18)16-7-5-15(6-8-16)24-11-3-2-4-20(24)26/h5-10,17H,1-4,11-13H2,(H,23,27)/t17-/m0/s1. The number of amides is 2. The number of halogens is 1. The van der Waals surface area contributed by atoms with Crippen molar-refractivity contribution >= 4 is 46.1 Å². The maximum absolute atomic E-state index is 12.2. The highest BCUT2D eigenvalue weighted by atomic mass is 35.5. The van der Waals surface area contributed by atoms with Gasteiger partial charge in [-0.3, -0.25) is 9.59 Å². The quantitative estimate of drug-likeness (QED) is 0.776. The summed E-state index contributed by atoms with van der Waals surface area (Å²) in [6.07, 6.45) is 2.43. The van der Waals surface area contributed by atoms with E-state index in [1.54, 1.807) is 12.1 Å². The predicted octanol–water partition coefficient (Wildman–Crippen LogP) is 4.02. The van der Waals surface area contributed by atoms with E-state index in [1.165, 1.54) is 11.3 Å². The van der Waals surface area contributed by atoms with Gasteiger partial charge in [0, 0.05) is 24.3 Å². The lowest BCUT2D eigenvalue weighted by Gasteiger charge is -2.27. The first kappa shape index (κ1) is 19.8. The predicted molar refractivity (Wildman–Crippen MR) is 116 cm³/mol. The zero-order valence-corrected chi connectivity index (χ0v) is 17.5. The largest absolute Gasteiger partial charge is 0.472 e. The zero-order valence-electron chi connectivity index (χ0n) is 15.9. The van der Waals surface area contributed by atoms with Crippen molar-refractivity contribution in [2.24, 2.45) is 0 Å². The number of ether oxygens (including phenoxy) is 1. The topological polar surface area (TPSA) is 61.9 Å². The maximum Gasteiger partial charge on any atom is 0.261 e. The highest BCUT2D eigenvalue weighted by Crippen LogP contribution is 2.29. The molecule has 2 aromatic rings. The van der Waals surface area contributed by atoms with Gasteiger partial charge in [-0.15, -0.1) is 11.3 Å². The molecule has 2 fully saturated rings. The molecule has 0 radical (unpaired) electrons. The van der Waals surface area contributed by atoms with Gasteiger partial charge in [-0.2, -0.15) is 0 Å². The molecule has 29 heavy (non-hydrogen) atoms. The number of rotatable bonds is 5. The van der Waals surface area contributed by atoms with Crippen LogP contribution in [0.5, 0.6) is 0 Å². The molecular formula is C21H22ClN3O3S. The molecule has 0 saturated carbocycles. The van der Waals surface area contributed by atoms with Crippen LogP contribution < -0.4 is 15.1 Å². The number of carbonyl (C=O) groups excluding carboxylic acids is 2. The van der Waals surface area contributed by atoms with Crippen LogP contribution in [-0.2, 0) is 9.53 Å². The van der Waals surface area contributed by atoms with Crippen LogP contribution in [0.4, 0.5) is 11.4 Å². The van der Waals surface area contributed by atoms with Gasteiger partial charge in [0.2, 0.25) is 5.91 Å². The summed E-state index contributed by atoms with van der Waals surface area (Å²) >= 11 is 7.13. The van der Waals surface area contributed by atoms with Crippen molar-refractivity contribution in [3.05, 3.63) is 58.1 Å². The van der Waals surface area contributed by atoms with Crippen molar-refractivity contribution < 1.29 is 14.3 Å². The third-order valence-electron chi connectivity index (χ3n) is 5.07. The molecular weight excluding hydrogens is 410 g/mol. The van der Waals surface area contributed by atoms with Crippen LogP contribution in [0.3, 0.4) is 0 Å². The highest BCUT2D eigenvalue weighted by Gasteiger charge is 2.28. The van der Waals surface area contributed by atoms with E-state index in [4.69, 9.17) is 16.3 Å². The summed E-state index contributed by atoms with van der Waals surface area (Å²) in [5.74, 6) is 0.566. The van der Waals surface area contributed by atoms with Gasteiger partial charge in [0.05, 0.1) is 22.3 Å². The first-order chi connectivity index (χ1) is 14.0. The van der Waals surface area contributed by atoms with Gasteiger partial charge in [-0.1, -0.05) is 11.6 Å². The molecule has 2 aliphatic heterocycles. The summed E-state index contributed by atoms with van der Waals surface area (Å²) < 4.78 is 6.40. The Labute approximate surface area is 178 Å². The second-order valence-electron chi connectivity index (χ2n) is 7.08. The molecule has 0 bridgehead atoms. The number of carbonyl (C=O) groups is 2. The second-order valence-corrected chi connectivity index (χ2v) is 8.79. The lowest BCUT2D eigenvalue weighted by Crippen LogP contribution is -2.35. The fourth-order valence-corrected chi connectivity index (χ4v) is 4.54. The van der Waals surface area contributed by atoms with E-state index < -0.39 is 0 Å². The molecule has 1 aromatic carbocycles. The summed E-state index contributed by atoms with van der Waals surface area (Å²) in [6.45, 7) is 5.73. The van der Waals surface area contributed by atoms with Crippen molar-refractivity contribution in [3.8, 4) is 0 Å². The number of thiophene rings is 1.